The van der Waals surface area contributed by atoms with Gasteiger partial charge in [-0.15, -0.1) is 0 Å². The van der Waals surface area contributed by atoms with Crippen molar-refractivity contribution in [3.8, 4) is 0 Å². The summed E-state index contributed by atoms with van der Waals surface area (Å²) < 4.78 is 11.7. The summed E-state index contributed by atoms with van der Waals surface area (Å²) >= 11 is 0. The summed E-state index contributed by atoms with van der Waals surface area (Å²) in [7, 11) is -0.704. The Bertz CT molecular complexity index is 515. The van der Waals surface area contributed by atoms with Crippen LogP contribution in [0.25, 0.3) is 0 Å². The van der Waals surface area contributed by atoms with Crippen LogP contribution in [0.5, 0.6) is 0 Å². The highest BCUT2D eigenvalue weighted by Gasteiger charge is 2.53. The molecule has 1 aromatic rings. The van der Waals surface area contributed by atoms with Crippen LogP contribution in [0.1, 0.15) is 38.2 Å². The number of hydrogen-bond donors (Lipinski definition) is 2. The number of pyridine rings is 1. The molecule has 1 aliphatic rings. The summed E-state index contributed by atoms with van der Waals surface area (Å²) in [5.74, 6) is -0.613. The normalized spacial score (nSPS) is 20.5. The summed E-state index contributed by atoms with van der Waals surface area (Å²) in [5.41, 5.74) is 11.0. The van der Waals surface area contributed by atoms with Crippen molar-refractivity contribution in [1.82, 2.24) is 4.98 Å². The molecule has 1 aliphatic heterocycles. The van der Waals surface area contributed by atoms with Crippen LogP contribution < -0.4 is 17.1 Å². The number of carbonyl (C=O) groups excluding carboxylic acids is 1. The molecule has 1 saturated heterocycles. The number of amides is 1. The molecular formula is C12H18BN3O3. The first-order chi connectivity index (χ1) is 8.64. The maximum absolute atomic E-state index is 11.2. The van der Waals surface area contributed by atoms with E-state index >= 15 is 0 Å². The predicted molar refractivity (Wildman–Crippen MR) is 72.9 cm³/mol. The Morgan fingerprint density at radius 1 is 1.21 bits per heavy atom. The van der Waals surface area contributed by atoms with Gasteiger partial charge in [0.05, 0.1) is 16.8 Å². The smallest absolute Gasteiger partial charge is 0.398 e. The molecule has 6 nitrogen and oxygen atoms in total. The van der Waals surface area contributed by atoms with E-state index in [2.05, 4.69) is 4.98 Å². The van der Waals surface area contributed by atoms with E-state index in [0.717, 1.165) is 0 Å². The maximum Gasteiger partial charge on any atom is 0.516 e. The molecular weight excluding hydrogens is 245 g/mol. The van der Waals surface area contributed by atoms with Crippen LogP contribution in [0.3, 0.4) is 0 Å². The van der Waals surface area contributed by atoms with Crippen LogP contribution in [0.2, 0.25) is 0 Å². The molecule has 19 heavy (non-hydrogen) atoms. The van der Waals surface area contributed by atoms with Crippen molar-refractivity contribution in [2.24, 2.45) is 5.73 Å². The Morgan fingerprint density at radius 3 is 2.21 bits per heavy atom. The van der Waals surface area contributed by atoms with Gasteiger partial charge in [0.1, 0.15) is 5.69 Å². The molecule has 0 aromatic carbocycles. The van der Waals surface area contributed by atoms with E-state index < -0.39 is 24.2 Å². The lowest BCUT2D eigenvalue weighted by Gasteiger charge is -2.32. The van der Waals surface area contributed by atoms with Gasteiger partial charge in [0.2, 0.25) is 0 Å². The number of hydrogen-bond acceptors (Lipinski definition) is 5. The van der Waals surface area contributed by atoms with Gasteiger partial charge in [-0.3, -0.25) is 4.79 Å². The first-order valence-electron chi connectivity index (χ1n) is 6.06. The van der Waals surface area contributed by atoms with E-state index in [-0.39, 0.29) is 5.69 Å². The molecule has 0 saturated carbocycles. The van der Waals surface area contributed by atoms with Crippen molar-refractivity contribution in [1.29, 1.82) is 0 Å². The van der Waals surface area contributed by atoms with Crippen molar-refractivity contribution in [3.05, 3.63) is 17.8 Å². The van der Waals surface area contributed by atoms with E-state index in [9.17, 15) is 4.79 Å². The van der Waals surface area contributed by atoms with Gasteiger partial charge < -0.3 is 20.8 Å². The Kier molecular flexibility index (Phi) is 3.06. The molecule has 1 fully saturated rings. The topological polar surface area (TPSA) is 100 Å². The molecule has 1 amide bonds. The van der Waals surface area contributed by atoms with Crippen LogP contribution in [0.15, 0.2) is 12.1 Å². The summed E-state index contributed by atoms with van der Waals surface area (Å²) in [6, 6.07) is 3.06. The maximum atomic E-state index is 11.2. The van der Waals surface area contributed by atoms with Gasteiger partial charge in [0.25, 0.3) is 5.91 Å². The zero-order valence-corrected chi connectivity index (χ0v) is 11.6. The highest BCUT2D eigenvalue weighted by Crippen LogP contribution is 2.36. The van der Waals surface area contributed by atoms with Crippen LogP contribution in [0.4, 0.5) is 5.69 Å². The lowest BCUT2D eigenvalue weighted by atomic mass is 9.82. The highest BCUT2D eigenvalue weighted by atomic mass is 16.7. The summed E-state index contributed by atoms with van der Waals surface area (Å²) in [6.07, 6.45) is 0. The standard InChI is InChI=1S/C12H18BN3O3/c1-11(2)12(3,4)19-13(18-11)9-7(14)5-6-8(16-9)10(15)17/h5-6H,14H2,1-4H3,(H2,15,17). The molecule has 102 valence electrons. The van der Waals surface area contributed by atoms with Crippen molar-refractivity contribution in [2.45, 2.75) is 38.9 Å². The quantitative estimate of drug-likeness (QED) is 0.735. The van der Waals surface area contributed by atoms with Crippen molar-refractivity contribution >= 4 is 24.3 Å². The lowest BCUT2D eigenvalue weighted by molar-refractivity contribution is 0.00578. The van der Waals surface area contributed by atoms with E-state index in [4.69, 9.17) is 20.8 Å². The van der Waals surface area contributed by atoms with Gasteiger partial charge in [-0.2, -0.15) is 0 Å². The van der Waals surface area contributed by atoms with E-state index in [1.54, 1.807) is 6.07 Å². The van der Waals surface area contributed by atoms with Crippen LogP contribution >= 0.6 is 0 Å². The molecule has 2 rings (SSSR count). The third-order valence-corrected chi connectivity index (χ3v) is 3.69. The first kappa shape index (κ1) is 13.8. The van der Waals surface area contributed by atoms with Crippen molar-refractivity contribution < 1.29 is 14.1 Å². The van der Waals surface area contributed by atoms with Crippen LogP contribution in [-0.4, -0.2) is 29.2 Å². The molecule has 1 aromatic heterocycles. The average Bonchev–Trinajstić information content (AvgIpc) is 2.48. The lowest BCUT2D eigenvalue weighted by Crippen LogP contribution is -2.41. The Morgan fingerprint density at radius 2 is 1.74 bits per heavy atom. The van der Waals surface area contributed by atoms with Gasteiger partial charge in [-0.25, -0.2) is 4.98 Å². The molecule has 7 heteroatoms. The highest BCUT2D eigenvalue weighted by molar-refractivity contribution is 6.62. The fraction of sp³-hybridized carbons (Fsp3) is 0.500. The Hall–Kier alpha value is -1.60. The molecule has 0 bridgehead atoms. The van der Waals surface area contributed by atoms with E-state index in [1.807, 2.05) is 27.7 Å². The zero-order valence-electron chi connectivity index (χ0n) is 11.6. The number of anilines is 1. The van der Waals surface area contributed by atoms with Gasteiger partial charge >= 0.3 is 7.12 Å². The second kappa shape index (κ2) is 4.21. The second-order valence-corrected chi connectivity index (χ2v) is 5.62. The van der Waals surface area contributed by atoms with Gasteiger partial charge in [0, 0.05) is 5.69 Å². The number of nitrogens with zero attached hydrogens (tertiary/aromatic N) is 1. The average molecular weight is 263 g/mol. The zero-order chi connectivity index (χ0) is 14.4. The minimum atomic E-state index is -0.704. The minimum Gasteiger partial charge on any atom is -0.398 e. The Labute approximate surface area is 112 Å². The fourth-order valence-electron chi connectivity index (χ4n) is 1.77. The van der Waals surface area contributed by atoms with E-state index in [1.165, 1.54) is 6.07 Å². The van der Waals surface area contributed by atoms with Gasteiger partial charge in [0.15, 0.2) is 0 Å². The summed E-state index contributed by atoms with van der Waals surface area (Å²) in [6.45, 7) is 7.73. The van der Waals surface area contributed by atoms with Crippen LogP contribution in [-0.2, 0) is 9.31 Å². The summed E-state index contributed by atoms with van der Waals surface area (Å²) in [5, 5.41) is 0. The molecule has 2 heterocycles. The van der Waals surface area contributed by atoms with Crippen molar-refractivity contribution in [3.63, 3.8) is 0 Å². The summed E-state index contributed by atoms with van der Waals surface area (Å²) in [4.78, 5) is 15.3. The SMILES string of the molecule is CC1(C)OB(c2nc(C(N)=O)ccc2N)OC1(C)C. The number of rotatable bonds is 2. The monoisotopic (exact) mass is 263 g/mol. The van der Waals surface area contributed by atoms with E-state index in [0.29, 0.717) is 11.3 Å². The first-order valence-corrected chi connectivity index (χ1v) is 6.06. The predicted octanol–water partition coefficient (Wildman–Crippen LogP) is 0.0619. The van der Waals surface area contributed by atoms with Gasteiger partial charge in [-0.1, -0.05) is 0 Å². The molecule has 0 atom stereocenters. The number of nitrogens with two attached hydrogens (primary N) is 2. The number of nitrogen functional groups attached to an aromatic ring is 1. The second-order valence-electron chi connectivity index (χ2n) is 5.62. The van der Waals surface area contributed by atoms with Gasteiger partial charge in [-0.05, 0) is 39.8 Å². The minimum absolute atomic E-state index is 0.138. The third-order valence-electron chi connectivity index (χ3n) is 3.69. The molecule has 4 N–H and O–H groups in total. The van der Waals surface area contributed by atoms with Crippen molar-refractivity contribution in [2.75, 3.05) is 5.73 Å². The number of aromatic nitrogens is 1. The third kappa shape index (κ3) is 2.31. The molecule has 0 spiro atoms. The largest absolute Gasteiger partial charge is 0.516 e. The fourth-order valence-corrected chi connectivity index (χ4v) is 1.77. The Balaban J connectivity index is 2.39. The number of carbonyl (C=O) groups is 1. The molecule has 0 radical (unpaired) electrons. The van der Waals surface area contributed by atoms with Crippen LogP contribution in [0, 0.1) is 0 Å². The molecule has 0 aliphatic carbocycles. The molecule has 0 unspecified atom stereocenters. The number of primary amides is 1.